The van der Waals surface area contributed by atoms with Gasteiger partial charge in [-0.2, -0.15) is 5.10 Å². The SMILES string of the molecule is Cc1nc2c(cnn2C(C)C)cc1C(=O)Nc1ccc(F)c(NC(=O)CCN2CCOCC2)c1. The van der Waals surface area contributed by atoms with E-state index in [4.69, 9.17) is 4.74 Å². The fourth-order valence-corrected chi connectivity index (χ4v) is 3.87. The Hall–Kier alpha value is -3.37. The molecule has 0 radical (unpaired) electrons. The van der Waals surface area contributed by atoms with E-state index in [9.17, 15) is 14.0 Å². The first-order chi connectivity index (χ1) is 16.3. The largest absolute Gasteiger partial charge is 0.379 e. The molecular weight excluding hydrogens is 439 g/mol. The van der Waals surface area contributed by atoms with Crippen molar-refractivity contribution in [3.05, 3.63) is 47.5 Å². The molecule has 0 atom stereocenters. The third-order valence-corrected chi connectivity index (χ3v) is 5.75. The van der Waals surface area contributed by atoms with Gasteiger partial charge in [0.05, 0.1) is 36.4 Å². The minimum Gasteiger partial charge on any atom is -0.379 e. The maximum Gasteiger partial charge on any atom is 0.257 e. The van der Waals surface area contributed by atoms with Gasteiger partial charge in [0, 0.05) is 43.2 Å². The van der Waals surface area contributed by atoms with Crippen molar-refractivity contribution in [3.8, 4) is 0 Å². The molecule has 3 heterocycles. The molecule has 9 nitrogen and oxygen atoms in total. The van der Waals surface area contributed by atoms with Crippen LogP contribution in [-0.2, 0) is 9.53 Å². The van der Waals surface area contributed by atoms with Crippen molar-refractivity contribution in [2.24, 2.45) is 0 Å². The van der Waals surface area contributed by atoms with E-state index in [0.29, 0.717) is 42.4 Å². The zero-order chi connectivity index (χ0) is 24.2. The summed E-state index contributed by atoms with van der Waals surface area (Å²) in [7, 11) is 0. The molecule has 1 aromatic carbocycles. The number of nitrogens with one attached hydrogen (secondary N) is 2. The molecular formula is C24H29FN6O3. The highest BCUT2D eigenvalue weighted by molar-refractivity contribution is 6.07. The molecule has 0 bridgehead atoms. The maximum atomic E-state index is 14.3. The second-order valence-electron chi connectivity index (χ2n) is 8.62. The quantitative estimate of drug-likeness (QED) is 0.551. The highest BCUT2D eigenvalue weighted by Gasteiger charge is 2.17. The standard InChI is InChI=1S/C24H29FN6O3/c1-15(2)31-23-17(14-26-31)12-19(16(3)27-23)24(33)28-18-4-5-20(25)21(13-18)29-22(32)6-7-30-8-10-34-11-9-30/h4-5,12-15H,6-11H2,1-3H3,(H,28,33)(H,29,32). The van der Waals surface area contributed by atoms with E-state index in [1.807, 2.05) is 13.8 Å². The second-order valence-corrected chi connectivity index (χ2v) is 8.62. The van der Waals surface area contributed by atoms with E-state index in [1.54, 1.807) is 23.9 Å². The highest BCUT2D eigenvalue weighted by Crippen LogP contribution is 2.23. The van der Waals surface area contributed by atoms with Gasteiger partial charge in [-0.15, -0.1) is 0 Å². The van der Waals surface area contributed by atoms with Gasteiger partial charge >= 0.3 is 0 Å². The van der Waals surface area contributed by atoms with E-state index >= 15 is 0 Å². The Balaban J connectivity index is 1.43. The summed E-state index contributed by atoms with van der Waals surface area (Å²) < 4.78 is 21.4. The van der Waals surface area contributed by atoms with E-state index in [-0.39, 0.29) is 30.0 Å². The van der Waals surface area contributed by atoms with Crippen LogP contribution in [0.1, 0.15) is 42.4 Å². The molecule has 1 aliphatic rings. The summed E-state index contributed by atoms with van der Waals surface area (Å²) in [5, 5.41) is 10.5. The predicted molar refractivity (Wildman–Crippen MR) is 128 cm³/mol. The molecule has 2 amide bonds. The van der Waals surface area contributed by atoms with Crippen LogP contribution in [0.2, 0.25) is 0 Å². The zero-order valence-electron chi connectivity index (χ0n) is 19.6. The number of benzene rings is 1. The first kappa shape index (κ1) is 23.8. The molecule has 10 heteroatoms. The van der Waals surface area contributed by atoms with Crippen LogP contribution in [0.5, 0.6) is 0 Å². The van der Waals surface area contributed by atoms with Gasteiger partial charge < -0.3 is 15.4 Å². The van der Waals surface area contributed by atoms with Crippen LogP contribution in [0.3, 0.4) is 0 Å². The van der Waals surface area contributed by atoms with Crippen molar-refractivity contribution in [3.63, 3.8) is 0 Å². The average Bonchev–Trinajstić information content (AvgIpc) is 3.23. The number of anilines is 2. The number of pyridine rings is 1. The molecule has 0 aliphatic carbocycles. The number of hydrogen-bond donors (Lipinski definition) is 2. The van der Waals surface area contributed by atoms with E-state index < -0.39 is 5.82 Å². The molecule has 180 valence electrons. The summed E-state index contributed by atoms with van der Waals surface area (Å²) in [5.74, 6) is -1.24. The van der Waals surface area contributed by atoms with Crippen LogP contribution in [0, 0.1) is 12.7 Å². The number of hydrogen-bond acceptors (Lipinski definition) is 6. The molecule has 1 aliphatic heterocycles. The van der Waals surface area contributed by atoms with Crippen LogP contribution in [-0.4, -0.2) is 64.3 Å². The highest BCUT2D eigenvalue weighted by atomic mass is 19.1. The zero-order valence-corrected chi connectivity index (χ0v) is 19.6. The predicted octanol–water partition coefficient (Wildman–Crippen LogP) is 3.37. The Morgan fingerprint density at radius 1 is 1.18 bits per heavy atom. The van der Waals surface area contributed by atoms with Crippen molar-refractivity contribution < 1.29 is 18.7 Å². The third kappa shape index (κ3) is 5.40. The third-order valence-electron chi connectivity index (χ3n) is 5.75. The number of rotatable bonds is 7. The van der Waals surface area contributed by atoms with Crippen LogP contribution >= 0.6 is 0 Å². The Bertz CT molecular complexity index is 1200. The van der Waals surface area contributed by atoms with Gasteiger partial charge in [-0.05, 0) is 45.0 Å². The number of carbonyl (C=O) groups is 2. The van der Waals surface area contributed by atoms with Crippen molar-refractivity contribution in [1.82, 2.24) is 19.7 Å². The Labute approximate surface area is 197 Å². The minimum atomic E-state index is -0.571. The number of nitrogens with zero attached hydrogens (tertiary/aromatic N) is 4. The molecule has 0 saturated carbocycles. The summed E-state index contributed by atoms with van der Waals surface area (Å²) in [6.45, 7) is 9.23. The van der Waals surface area contributed by atoms with Crippen molar-refractivity contribution >= 4 is 34.2 Å². The summed E-state index contributed by atoms with van der Waals surface area (Å²) >= 11 is 0. The Morgan fingerprint density at radius 3 is 2.68 bits per heavy atom. The maximum absolute atomic E-state index is 14.3. The number of aromatic nitrogens is 3. The number of carbonyl (C=O) groups excluding carboxylic acids is 2. The fraction of sp³-hybridized carbons (Fsp3) is 0.417. The number of aryl methyl sites for hydroxylation is 1. The number of morpholine rings is 1. The van der Waals surface area contributed by atoms with E-state index in [1.165, 1.54) is 18.2 Å². The number of ether oxygens (including phenoxy) is 1. The molecule has 3 aromatic rings. The van der Waals surface area contributed by atoms with Gasteiger partial charge in [0.25, 0.3) is 5.91 Å². The molecule has 34 heavy (non-hydrogen) atoms. The molecule has 2 N–H and O–H groups in total. The molecule has 0 spiro atoms. The number of halogens is 1. The smallest absolute Gasteiger partial charge is 0.257 e. The van der Waals surface area contributed by atoms with Crippen molar-refractivity contribution in [2.45, 2.75) is 33.2 Å². The Kier molecular flexibility index (Phi) is 7.18. The molecule has 2 aromatic heterocycles. The van der Waals surface area contributed by atoms with Crippen LogP contribution in [0.4, 0.5) is 15.8 Å². The first-order valence-electron chi connectivity index (χ1n) is 11.4. The lowest BCUT2D eigenvalue weighted by atomic mass is 10.1. The average molecular weight is 469 g/mol. The lowest BCUT2D eigenvalue weighted by molar-refractivity contribution is -0.116. The molecule has 1 saturated heterocycles. The number of fused-ring (bicyclic) bond motifs is 1. The second kappa shape index (κ2) is 10.3. The normalized spacial score (nSPS) is 14.5. The fourth-order valence-electron chi connectivity index (χ4n) is 3.87. The summed E-state index contributed by atoms with van der Waals surface area (Å²) in [5.41, 5.74) is 2.07. The first-order valence-corrected chi connectivity index (χ1v) is 11.4. The van der Waals surface area contributed by atoms with Gasteiger partial charge in [-0.3, -0.25) is 14.5 Å². The molecule has 1 fully saturated rings. The van der Waals surface area contributed by atoms with Crippen molar-refractivity contribution in [2.75, 3.05) is 43.5 Å². The molecule has 0 unspecified atom stereocenters. The monoisotopic (exact) mass is 468 g/mol. The van der Waals surface area contributed by atoms with E-state index in [2.05, 4.69) is 25.6 Å². The Morgan fingerprint density at radius 2 is 1.94 bits per heavy atom. The lowest BCUT2D eigenvalue weighted by Crippen LogP contribution is -2.38. The number of amides is 2. The minimum absolute atomic E-state index is 0.0216. The topological polar surface area (TPSA) is 101 Å². The van der Waals surface area contributed by atoms with Gasteiger partial charge in [0.1, 0.15) is 5.82 Å². The van der Waals surface area contributed by atoms with Gasteiger partial charge in [0.2, 0.25) is 5.91 Å². The summed E-state index contributed by atoms with van der Waals surface area (Å²) in [6, 6.07) is 5.98. The van der Waals surface area contributed by atoms with E-state index in [0.717, 1.165) is 18.5 Å². The lowest BCUT2D eigenvalue weighted by Gasteiger charge is -2.26. The van der Waals surface area contributed by atoms with Crippen LogP contribution in [0.25, 0.3) is 11.0 Å². The van der Waals surface area contributed by atoms with Gasteiger partial charge in [-0.1, -0.05) is 0 Å². The van der Waals surface area contributed by atoms with Crippen LogP contribution in [0.15, 0.2) is 30.5 Å². The summed E-state index contributed by atoms with van der Waals surface area (Å²) in [6.07, 6.45) is 1.92. The van der Waals surface area contributed by atoms with Crippen molar-refractivity contribution in [1.29, 1.82) is 0 Å². The van der Waals surface area contributed by atoms with Gasteiger partial charge in [-0.25, -0.2) is 14.1 Å². The van der Waals surface area contributed by atoms with Gasteiger partial charge in [0.15, 0.2) is 5.65 Å². The molecule has 4 rings (SSSR count). The van der Waals surface area contributed by atoms with Crippen LogP contribution < -0.4 is 10.6 Å². The summed E-state index contributed by atoms with van der Waals surface area (Å²) in [4.78, 5) is 32.0.